The van der Waals surface area contributed by atoms with Crippen molar-refractivity contribution in [3.05, 3.63) is 53.7 Å². The molecule has 0 radical (unpaired) electrons. The van der Waals surface area contributed by atoms with E-state index >= 15 is 0 Å². The molecule has 0 saturated carbocycles. The monoisotopic (exact) mass is 312 g/mol. The molecule has 120 valence electrons. The van der Waals surface area contributed by atoms with E-state index < -0.39 is 0 Å². The average Bonchev–Trinajstić information content (AvgIpc) is 3.06. The second kappa shape index (κ2) is 7.24. The highest BCUT2D eigenvalue weighted by Crippen LogP contribution is 2.21. The highest BCUT2D eigenvalue weighted by molar-refractivity contribution is 6.05. The lowest BCUT2D eigenvalue weighted by molar-refractivity contribution is 0.0673. The third kappa shape index (κ3) is 4.07. The standard InChI is InChI=1S/C18H20N2O3/c1-13-6-4-10-17(19-13)20-18(21)15-8-2-3-9-16(15)23-12-14-7-5-11-22-14/h2-4,6,8-10,14H,5,7,11-12H2,1H3,(H,19,20,21)/t14-/m1/s1. The summed E-state index contributed by atoms with van der Waals surface area (Å²) in [7, 11) is 0. The van der Waals surface area contributed by atoms with Crippen LogP contribution in [0.2, 0.25) is 0 Å². The molecule has 0 spiro atoms. The molecule has 1 aromatic carbocycles. The van der Waals surface area contributed by atoms with Gasteiger partial charge in [-0.25, -0.2) is 4.98 Å². The van der Waals surface area contributed by atoms with E-state index in [1.807, 2.05) is 31.2 Å². The van der Waals surface area contributed by atoms with Gasteiger partial charge in [0.15, 0.2) is 0 Å². The maximum Gasteiger partial charge on any atom is 0.260 e. The van der Waals surface area contributed by atoms with Crippen molar-refractivity contribution in [3.8, 4) is 5.75 Å². The summed E-state index contributed by atoms with van der Waals surface area (Å²) >= 11 is 0. The van der Waals surface area contributed by atoms with Crippen molar-refractivity contribution in [2.24, 2.45) is 0 Å². The van der Waals surface area contributed by atoms with Crippen LogP contribution in [-0.4, -0.2) is 30.2 Å². The molecule has 0 bridgehead atoms. The van der Waals surface area contributed by atoms with Gasteiger partial charge in [0.1, 0.15) is 18.2 Å². The Kier molecular flexibility index (Phi) is 4.88. The first-order valence-corrected chi connectivity index (χ1v) is 7.81. The third-order valence-corrected chi connectivity index (χ3v) is 3.71. The normalized spacial score (nSPS) is 17.0. The number of para-hydroxylation sites is 1. The fourth-order valence-corrected chi connectivity index (χ4v) is 2.53. The van der Waals surface area contributed by atoms with E-state index in [9.17, 15) is 4.79 Å². The third-order valence-electron chi connectivity index (χ3n) is 3.71. The number of ether oxygens (including phenoxy) is 2. The van der Waals surface area contributed by atoms with Crippen LogP contribution in [0.25, 0.3) is 0 Å². The number of aryl methyl sites for hydroxylation is 1. The van der Waals surface area contributed by atoms with Crippen LogP contribution in [0.5, 0.6) is 5.75 Å². The number of hydrogen-bond acceptors (Lipinski definition) is 4. The summed E-state index contributed by atoms with van der Waals surface area (Å²) in [6.07, 6.45) is 2.18. The number of anilines is 1. The minimum absolute atomic E-state index is 0.115. The number of benzene rings is 1. The van der Waals surface area contributed by atoms with Crippen molar-refractivity contribution in [3.63, 3.8) is 0 Å². The van der Waals surface area contributed by atoms with Crippen molar-refractivity contribution < 1.29 is 14.3 Å². The number of amides is 1. The van der Waals surface area contributed by atoms with Crippen molar-refractivity contribution in [1.82, 2.24) is 4.98 Å². The zero-order chi connectivity index (χ0) is 16.1. The van der Waals surface area contributed by atoms with Gasteiger partial charge in [0.2, 0.25) is 0 Å². The largest absolute Gasteiger partial charge is 0.490 e. The molecular formula is C18H20N2O3. The molecule has 23 heavy (non-hydrogen) atoms. The van der Waals surface area contributed by atoms with Crippen molar-refractivity contribution in [2.45, 2.75) is 25.9 Å². The Morgan fingerprint density at radius 1 is 1.30 bits per heavy atom. The summed E-state index contributed by atoms with van der Waals surface area (Å²) < 4.78 is 11.3. The van der Waals surface area contributed by atoms with E-state index in [-0.39, 0.29) is 12.0 Å². The van der Waals surface area contributed by atoms with Crippen LogP contribution in [0, 0.1) is 6.92 Å². The van der Waals surface area contributed by atoms with Crippen molar-refractivity contribution >= 4 is 11.7 Å². The summed E-state index contributed by atoms with van der Waals surface area (Å²) in [6, 6.07) is 12.7. The molecule has 1 aliphatic rings. The van der Waals surface area contributed by atoms with E-state index in [0.717, 1.165) is 25.1 Å². The van der Waals surface area contributed by atoms with Crippen LogP contribution in [0.15, 0.2) is 42.5 Å². The van der Waals surface area contributed by atoms with Crippen molar-refractivity contribution in [2.75, 3.05) is 18.5 Å². The zero-order valence-electron chi connectivity index (χ0n) is 13.1. The maximum atomic E-state index is 12.5. The second-order valence-corrected chi connectivity index (χ2v) is 5.56. The molecule has 5 heteroatoms. The zero-order valence-corrected chi connectivity index (χ0v) is 13.1. The van der Waals surface area contributed by atoms with Crippen LogP contribution < -0.4 is 10.1 Å². The van der Waals surface area contributed by atoms with Gasteiger partial charge in [-0.3, -0.25) is 4.79 Å². The van der Waals surface area contributed by atoms with Gasteiger partial charge in [-0.2, -0.15) is 0 Å². The molecule has 1 fully saturated rings. The van der Waals surface area contributed by atoms with Gasteiger partial charge >= 0.3 is 0 Å². The predicted octanol–water partition coefficient (Wildman–Crippen LogP) is 3.20. The smallest absolute Gasteiger partial charge is 0.260 e. The van der Waals surface area contributed by atoms with Gasteiger partial charge in [0.05, 0.1) is 11.7 Å². The average molecular weight is 312 g/mol. The Hall–Kier alpha value is -2.40. The first kappa shape index (κ1) is 15.5. The minimum atomic E-state index is -0.231. The highest BCUT2D eigenvalue weighted by Gasteiger charge is 2.18. The SMILES string of the molecule is Cc1cccc(NC(=O)c2ccccc2OC[C@H]2CCCO2)n1. The molecule has 1 amide bonds. The Morgan fingerprint density at radius 3 is 2.96 bits per heavy atom. The molecule has 2 heterocycles. The first-order valence-electron chi connectivity index (χ1n) is 7.81. The minimum Gasteiger partial charge on any atom is -0.490 e. The molecule has 1 saturated heterocycles. The number of carbonyl (C=O) groups excluding carboxylic acids is 1. The van der Waals surface area contributed by atoms with Gasteiger partial charge in [-0.1, -0.05) is 18.2 Å². The number of nitrogens with one attached hydrogen (secondary N) is 1. The van der Waals surface area contributed by atoms with E-state index in [1.165, 1.54) is 0 Å². The second-order valence-electron chi connectivity index (χ2n) is 5.56. The van der Waals surface area contributed by atoms with Crippen molar-refractivity contribution in [1.29, 1.82) is 0 Å². The fourth-order valence-electron chi connectivity index (χ4n) is 2.53. The molecule has 0 unspecified atom stereocenters. The molecule has 3 rings (SSSR count). The summed E-state index contributed by atoms with van der Waals surface area (Å²) in [4.78, 5) is 16.8. The van der Waals surface area contributed by atoms with Gasteiger partial charge in [-0.05, 0) is 44.0 Å². The molecule has 1 aromatic heterocycles. The summed E-state index contributed by atoms with van der Waals surface area (Å²) in [5.41, 5.74) is 1.35. The predicted molar refractivity (Wildman–Crippen MR) is 87.8 cm³/mol. The lowest BCUT2D eigenvalue weighted by atomic mass is 10.2. The van der Waals surface area contributed by atoms with E-state index in [4.69, 9.17) is 9.47 Å². The first-order chi connectivity index (χ1) is 11.2. The molecule has 2 aromatic rings. The fraction of sp³-hybridized carbons (Fsp3) is 0.333. The molecular weight excluding hydrogens is 292 g/mol. The van der Waals surface area contributed by atoms with E-state index in [2.05, 4.69) is 10.3 Å². The Labute approximate surface area is 135 Å². The Balaban J connectivity index is 1.69. The van der Waals surface area contributed by atoms with Crippen LogP contribution in [0.1, 0.15) is 28.9 Å². The van der Waals surface area contributed by atoms with Gasteiger partial charge in [0.25, 0.3) is 5.91 Å². The number of hydrogen-bond donors (Lipinski definition) is 1. The lowest BCUT2D eigenvalue weighted by Crippen LogP contribution is -2.19. The lowest BCUT2D eigenvalue weighted by Gasteiger charge is -2.14. The van der Waals surface area contributed by atoms with Gasteiger partial charge in [0, 0.05) is 12.3 Å². The molecule has 1 atom stereocenters. The quantitative estimate of drug-likeness (QED) is 0.921. The van der Waals surface area contributed by atoms with Gasteiger partial charge in [-0.15, -0.1) is 0 Å². The maximum absolute atomic E-state index is 12.5. The number of rotatable bonds is 5. The Morgan fingerprint density at radius 2 is 2.17 bits per heavy atom. The molecule has 1 N–H and O–H groups in total. The summed E-state index contributed by atoms with van der Waals surface area (Å²) in [5.74, 6) is 0.864. The summed E-state index contributed by atoms with van der Waals surface area (Å²) in [6.45, 7) is 3.14. The molecule has 1 aliphatic heterocycles. The molecule has 5 nitrogen and oxygen atoms in total. The van der Waals surface area contributed by atoms with Crippen LogP contribution in [-0.2, 0) is 4.74 Å². The van der Waals surface area contributed by atoms with Crippen LogP contribution in [0.4, 0.5) is 5.82 Å². The highest BCUT2D eigenvalue weighted by atomic mass is 16.5. The number of carbonyl (C=O) groups is 1. The Bertz CT molecular complexity index is 681. The van der Waals surface area contributed by atoms with Crippen LogP contribution >= 0.6 is 0 Å². The van der Waals surface area contributed by atoms with Crippen LogP contribution in [0.3, 0.4) is 0 Å². The molecule has 0 aliphatic carbocycles. The topological polar surface area (TPSA) is 60.5 Å². The number of nitrogens with zero attached hydrogens (tertiary/aromatic N) is 1. The van der Waals surface area contributed by atoms with Gasteiger partial charge < -0.3 is 14.8 Å². The number of aromatic nitrogens is 1. The summed E-state index contributed by atoms with van der Waals surface area (Å²) in [5, 5.41) is 2.81. The van der Waals surface area contributed by atoms with E-state index in [0.29, 0.717) is 23.7 Å². The number of pyridine rings is 1. The van der Waals surface area contributed by atoms with E-state index in [1.54, 1.807) is 18.2 Å².